The lowest BCUT2D eigenvalue weighted by molar-refractivity contribution is -0.125. The van der Waals surface area contributed by atoms with E-state index in [9.17, 15) is 14.4 Å². The first kappa shape index (κ1) is 18.3. The fourth-order valence-corrected chi connectivity index (χ4v) is 2.43. The molecule has 1 rings (SSSR count). The first-order valence-electron chi connectivity index (χ1n) is 7.92. The Labute approximate surface area is 131 Å². The van der Waals surface area contributed by atoms with E-state index >= 15 is 0 Å². The van der Waals surface area contributed by atoms with E-state index in [4.69, 9.17) is 4.74 Å². The van der Waals surface area contributed by atoms with Gasteiger partial charge in [-0.3, -0.25) is 9.59 Å². The summed E-state index contributed by atoms with van der Waals surface area (Å²) in [5, 5.41) is 8.15. The summed E-state index contributed by atoms with van der Waals surface area (Å²) in [5.74, 6) is 0.0536. The molecule has 0 unspecified atom stereocenters. The summed E-state index contributed by atoms with van der Waals surface area (Å²) in [7, 11) is 0. The number of ether oxygens (including phenoxy) is 1. The molecular weight excluding hydrogens is 286 g/mol. The Morgan fingerprint density at radius 2 is 2.14 bits per heavy atom. The van der Waals surface area contributed by atoms with Crippen LogP contribution in [0.4, 0.5) is 4.79 Å². The summed E-state index contributed by atoms with van der Waals surface area (Å²) < 4.78 is 4.82. The summed E-state index contributed by atoms with van der Waals surface area (Å²) in [4.78, 5) is 35.1. The van der Waals surface area contributed by atoms with Gasteiger partial charge in [-0.2, -0.15) is 0 Å². The molecule has 0 aliphatic carbocycles. The lowest BCUT2D eigenvalue weighted by Crippen LogP contribution is -2.48. The lowest BCUT2D eigenvalue weighted by Gasteiger charge is -2.20. The maximum atomic E-state index is 12.2. The van der Waals surface area contributed by atoms with Gasteiger partial charge in [-0.1, -0.05) is 13.8 Å². The molecular formula is C15H27N3O4. The Bertz CT molecular complexity index is 398. The molecule has 3 N–H and O–H groups in total. The molecule has 0 aromatic carbocycles. The number of carbonyl (C=O) groups is 3. The lowest BCUT2D eigenvalue weighted by atomic mass is 10.0. The standard InChI is InChI=1S/C15H27N3O4/c1-4-22-15(21)18-12(9-10(2)3)14(20)17-8-6-11-5-7-16-13(11)19/h10-12H,4-9H2,1-3H3,(H,16,19)(H,17,20)(H,18,21)/t11-,12-/m0/s1. The zero-order valence-corrected chi connectivity index (χ0v) is 13.6. The maximum Gasteiger partial charge on any atom is 0.407 e. The van der Waals surface area contributed by atoms with Crippen molar-refractivity contribution in [3.63, 3.8) is 0 Å². The van der Waals surface area contributed by atoms with Crippen LogP contribution in [0.25, 0.3) is 0 Å². The third kappa shape index (κ3) is 6.32. The molecule has 1 aliphatic rings. The number of carbonyl (C=O) groups excluding carboxylic acids is 3. The molecule has 0 aromatic rings. The highest BCUT2D eigenvalue weighted by Gasteiger charge is 2.25. The molecule has 7 nitrogen and oxygen atoms in total. The molecule has 2 atom stereocenters. The van der Waals surface area contributed by atoms with E-state index in [0.29, 0.717) is 25.9 Å². The minimum absolute atomic E-state index is 0.0261. The summed E-state index contributed by atoms with van der Waals surface area (Å²) in [6, 6.07) is -0.614. The number of nitrogens with one attached hydrogen (secondary N) is 3. The zero-order valence-electron chi connectivity index (χ0n) is 13.6. The van der Waals surface area contributed by atoms with Crippen LogP contribution < -0.4 is 16.0 Å². The van der Waals surface area contributed by atoms with Crippen LogP contribution in [-0.2, 0) is 14.3 Å². The van der Waals surface area contributed by atoms with E-state index in [1.54, 1.807) is 6.92 Å². The van der Waals surface area contributed by atoms with Crippen LogP contribution in [0.3, 0.4) is 0 Å². The van der Waals surface area contributed by atoms with Crippen molar-refractivity contribution in [3.05, 3.63) is 0 Å². The zero-order chi connectivity index (χ0) is 16.5. The summed E-state index contributed by atoms with van der Waals surface area (Å²) in [5.41, 5.74) is 0. The van der Waals surface area contributed by atoms with Crippen molar-refractivity contribution >= 4 is 17.9 Å². The van der Waals surface area contributed by atoms with Crippen molar-refractivity contribution in [3.8, 4) is 0 Å². The van der Waals surface area contributed by atoms with Gasteiger partial charge >= 0.3 is 6.09 Å². The highest BCUT2D eigenvalue weighted by molar-refractivity contribution is 5.85. The van der Waals surface area contributed by atoms with Crippen LogP contribution in [-0.4, -0.2) is 43.6 Å². The molecule has 22 heavy (non-hydrogen) atoms. The largest absolute Gasteiger partial charge is 0.450 e. The second kappa shape index (κ2) is 9.27. The molecule has 1 fully saturated rings. The Morgan fingerprint density at radius 3 is 2.68 bits per heavy atom. The van der Waals surface area contributed by atoms with E-state index in [-0.39, 0.29) is 30.3 Å². The van der Waals surface area contributed by atoms with Gasteiger partial charge in [0.25, 0.3) is 0 Å². The molecule has 3 amide bonds. The third-order valence-corrected chi connectivity index (χ3v) is 3.55. The van der Waals surface area contributed by atoms with E-state index in [0.717, 1.165) is 6.42 Å². The Hall–Kier alpha value is -1.79. The predicted octanol–water partition coefficient (Wildman–Crippen LogP) is 0.790. The van der Waals surface area contributed by atoms with Gasteiger partial charge in [-0.05, 0) is 32.1 Å². The SMILES string of the molecule is CCOC(=O)N[C@@H](CC(C)C)C(=O)NCC[C@@H]1CCNC1=O. The van der Waals surface area contributed by atoms with Gasteiger partial charge in [-0.15, -0.1) is 0 Å². The quantitative estimate of drug-likeness (QED) is 0.617. The summed E-state index contributed by atoms with van der Waals surface area (Å²) in [6.45, 7) is 7.07. The highest BCUT2D eigenvalue weighted by Crippen LogP contribution is 2.13. The van der Waals surface area contributed by atoms with Gasteiger partial charge in [0, 0.05) is 19.0 Å². The van der Waals surface area contributed by atoms with Gasteiger partial charge in [0.15, 0.2) is 0 Å². The first-order chi connectivity index (χ1) is 10.4. The average Bonchev–Trinajstić information content (AvgIpc) is 2.83. The first-order valence-corrected chi connectivity index (χ1v) is 7.92. The predicted molar refractivity (Wildman–Crippen MR) is 82.1 cm³/mol. The van der Waals surface area contributed by atoms with Crippen LogP contribution >= 0.6 is 0 Å². The van der Waals surface area contributed by atoms with Crippen LogP contribution in [0.2, 0.25) is 0 Å². The number of hydrogen-bond acceptors (Lipinski definition) is 4. The van der Waals surface area contributed by atoms with Gasteiger partial charge in [0.05, 0.1) is 6.61 Å². The van der Waals surface area contributed by atoms with Crippen LogP contribution in [0, 0.1) is 11.8 Å². The van der Waals surface area contributed by atoms with E-state index in [2.05, 4.69) is 16.0 Å². The monoisotopic (exact) mass is 313 g/mol. The second-order valence-electron chi connectivity index (χ2n) is 5.90. The molecule has 7 heteroatoms. The van der Waals surface area contributed by atoms with Crippen LogP contribution in [0.1, 0.15) is 40.0 Å². The molecule has 126 valence electrons. The van der Waals surface area contributed by atoms with Crippen molar-refractivity contribution in [2.75, 3.05) is 19.7 Å². The van der Waals surface area contributed by atoms with Gasteiger partial charge < -0.3 is 20.7 Å². The maximum absolute atomic E-state index is 12.2. The van der Waals surface area contributed by atoms with E-state index in [1.165, 1.54) is 0 Å². The summed E-state index contributed by atoms with van der Waals surface area (Å²) >= 11 is 0. The van der Waals surface area contributed by atoms with Crippen molar-refractivity contribution in [1.82, 2.24) is 16.0 Å². The summed E-state index contributed by atoms with van der Waals surface area (Å²) in [6.07, 6.45) is 1.38. The second-order valence-corrected chi connectivity index (χ2v) is 5.90. The Kier molecular flexibility index (Phi) is 7.70. The Morgan fingerprint density at radius 1 is 1.41 bits per heavy atom. The van der Waals surface area contributed by atoms with Crippen molar-refractivity contribution < 1.29 is 19.1 Å². The van der Waals surface area contributed by atoms with Gasteiger partial charge in [0.2, 0.25) is 11.8 Å². The van der Waals surface area contributed by atoms with Crippen LogP contribution in [0.15, 0.2) is 0 Å². The molecule has 1 saturated heterocycles. The molecule has 1 heterocycles. The number of alkyl carbamates (subject to hydrolysis) is 1. The van der Waals surface area contributed by atoms with E-state index in [1.807, 2.05) is 13.8 Å². The third-order valence-electron chi connectivity index (χ3n) is 3.55. The topological polar surface area (TPSA) is 96.5 Å². The highest BCUT2D eigenvalue weighted by atomic mass is 16.5. The van der Waals surface area contributed by atoms with Gasteiger partial charge in [-0.25, -0.2) is 4.79 Å². The van der Waals surface area contributed by atoms with E-state index < -0.39 is 12.1 Å². The molecule has 0 saturated carbocycles. The minimum Gasteiger partial charge on any atom is -0.450 e. The van der Waals surface area contributed by atoms with Gasteiger partial charge in [0.1, 0.15) is 6.04 Å². The Balaban J connectivity index is 2.41. The molecule has 1 aliphatic heterocycles. The van der Waals surface area contributed by atoms with Crippen molar-refractivity contribution in [2.45, 2.75) is 46.1 Å². The molecule has 0 aromatic heterocycles. The van der Waals surface area contributed by atoms with Crippen molar-refractivity contribution in [2.24, 2.45) is 11.8 Å². The molecule has 0 radical (unpaired) electrons. The fourth-order valence-electron chi connectivity index (χ4n) is 2.43. The minimum atomic E-state index is -0.614. The molecule has 0 spiro atoms. The normalized spacial score (nSPS) is 18.7. The number of hydrogen-bond donors (Lipinski definition) is 3. The fraction of sp³-hybridized carbons (Fsp3) is 0.800. The smallest absolute Gasteiger partial charge is 0.407 e. The van der Waals surface area contributed by atoms with Crippen molar-refractivity contribution in [1.29, 1.82) is 0 Å². The number of rotatable bonds is 8. The molecule has 0 bridgehead atoms. The number of amides is 3. The van der Waals surface area contributed by atoms with Crippen LogP contribution in [0.5, 0.6) is 0 Å². The average molecular weight is 313 g/mol.